The van der Waals surface area contributed by atoms with Gasteiger partial charge in [-0.1, -0.05) is 122 Å². The van der Waals surface area contributed by atoms with Gasteiger partial charge in [-0.25, -0.2) is 0 Å². The van der Waals surface area contributed by atoms with Crippen LogP contribution >= 0.6 is 0 Å². The van der Waals surface area contributed by atoms with Crippen LogP contribution in [0, 0.1) is 0 Å². The molecule has 0 fully saturated rings. The molecule has 0 aromatic carbocycles. The smallest absolute Gasteiger partial charge is 0.396 e. The average Bonchev–Trinajstić information content (AvgIpc) is 2.83. The number of hydrogen-bond acceptors (Lipinski definition) is 4. The predicted octanol–water partition coefficient (Wildman–Crippen LogP) is 9.22. The summed E-state index contributed by atoms with van der Waals surface area (Å²) in [6.07, 6.45) is 28.5. The first-order valence-corrected chi connectivity index (χ1v) is 17.2. The van der Waals surface area contributed by atoms with Gasteiger partial charge in [0, 0.05) is 32.5 Å². The summed E-state index contributed by atoms with van der Waals surface area (Å²) in [5, 5.41) is 8.77. The molecule has 0 amide bonds. The molecule has 206 valence electrons. The molecule has 0 aliphatic heterocycles. The summed E-state index contributed by atoms with van der Waals surface area (Å²) in [6.45, 7) is 8.51. The van der Waals surface area contributed by atoms with Crippen molar-refractivity contribution in [1.29, 1.82) is 0 Å². The van der Waals surface area contributed by atoms with E-state index in [-0.39, 0.29) is 0 Å². The second-order valence-corrected chi connectivity index (χ2v) is 12.6. The van der Waals surface area contributed by atoms with Crippen LogP contribution in [0.5, 0.6) is 0 Å². The van der Waals surface area contributed by atoms with Crippen LogP contribution in [0.2, 0.25) is 6.04 Å². The first kappa shape index (κ1) is 34.1. The van der Waals surface area contributed by atoms with Crippen LogP contribution in [0.4, 0.5) is 0 Å². The standard InChI is InChI=1S/C29H62O4Si/c1-4-31-34(32-5-2,33-6-3)29-27-25-23-21-19-17-15-13-11-9-7-8-10-12-14-16-18-20-22-24-26-28-30/h30H,4-29H2,1-3H3. The van der Waals surface area contributed by atoms with E-state index < -0.39 is 8.80 Å². The number of rotatable bonds is 29. The molecule has 0 heterocycles. The highest BCUT2D eigenvalue weighted by molar-refractivity contribution is 6.60. The first-order valence-electron chi connectivity index (χ1n) is 15.3. The van der Waals surface area contributed by atoms with Crippen LogP contribution in [0.3, 0.4) is 0 Å². The molecule has 0 aliphatic rings. The zero-order chi connectivity index (χ0) is 25.0. The lowest BCUT2D eigenvalue weighted by Crippen LogP contribution is -2.45. The normalized spacial score (nSPS) is 12.0. The Morgan fingerprint density at radius 3 is 0.853 bits per heavy atom. The Balaban J connectivity index is 3.33. The number of unbranched alkanes of at least 4 members (excludes halogenated alkanes) is 20. The van der Waals surface area contributed by atoms with E-state index in [9.17, 15) is 0 Å². The maximum atomic E-state index is 8.77. The Hall–Kier alpha value is 0.0569. The summed E-state index contributed by atoms with van der Waals surface area (Å²) in [5.41, 5.74) is 0. The van der Waals surface area contributed by atoms with Gasteiger partial charge in [-0.2, -0.15) is 0 Å². The summed E-state index contributed by atoms with van der Waals surface area (Å²) in [6, 6.07) is 0.967. The van der Waals surface area contributed by atoms with Gasteiger partial charge in [-0.15, -0.1) is 0 Å². The van der Waals surface area contributed by atoms with Crippen LogP contribution in [0.15, 0.2) is 0 Å². The fraction of sp³-hybridized carbons (Fsp3) is 1.00. The van der Waals surface area contributed by atoms with E-state index >= 15 is 0 Å². The second kappa shape index (κ2) is 27.6. The number of aliphatic hydroxyl groups is 1. The van der Waals surface area contributed by atoms with Gasteiger partial charge >= 0.3 is 8.80 Å². The molecular weight excluding hydrogens is 440 g/mol. The zero-order valence-corrected chi connectivity index (χ0v) is 24.6. The fourth-order valence-electron chi connectivity index (χ4n) is 4.81. The van der Waals surface area contributed by atoms with Crippen molar-refractivity contribution < 1.29 is 18.4 Å². The Morgan fingerprint density at radius 2 is 0.618 bits per heavy atom. The van der Waals surface area contributed by atoms with Crippen molar-refractivity contribution in [2.75, 3.05) is 26.4 Å². The second-order valence-electron chi connectivity index (χ2n) is 9.88. The van der Waals surface area contributed by atoms with Crippen molar-refractivity contribution in [2.24, 2.45) is 0 Å². The molecule has 0 aromatic heterocycles. The van der Waals surface area contributed by atoms with Crippen molar-refractivity contribution in [1.82, 2.24) is 0 Å². The quantitative estimate of drug-likeness (QED) is 0.0817. The van der Waals surface area contributed by atoms with Gasteiger partial charge in [0.25, 0.3) is 0 Å². The predicted molar refractivity (Wildman–Crippen MR) is 149 cm³/mol. The van der Waals surface area contributed by atoms with Crippen molar-refractivity contribution in [2.45, 2.75) is 162 Å². The van der Waals surface area contributed by atoms with Crippen LogP contribution < -0.4 is 0 Å². The molecule has 1 N–H and O–H groups in total. The third-order valence-electron chi connectivity index (χ3n) is 6.73. The topological polar surface area (TPSA) is 47.9 Å². The minimum absolute atomic E-state index is 0.365. The van der Waals surface area contributed by atoms with Gasteiger partial charge in [-0.3, -0.25) is 0 Å². The summed E-state index contributed by atoms with van der Waals surface area (Å²) in [4.78, 5) is 0. The highest BCUT2D eigenvalue weighted by atomic mass is 28.4. The maximum Gasteiger partial charge on any atom is 0.500 e. The van der Waals surface area contributed by atoms with Crippen molar-refractivity contribution in [3.63, 3.8) is 0 Å². The van der Waals surface area contributed by atoms with Crippen molar-refractivity contribution in [3.05, 3.63) is 0 Å². The molecule has 0 bridgehead atoms. The van der Waals surface area contributed by atoms with E-state index in [2.05, 4.69) is 0 Å². The Morgan fingerprint density at radius 1 is 0.382 bits per heavy atom. The molecule has 0 saturated carbocycles. The van der Waals surface area contributed by atoms with Crippen LogP contribution in [-0.4, -0.2) is 40.3 Å². The molecule has 0 aromatic rings. The van der Waals surface area contributed by atoms with Crippen molar-refractivity contribution in [3.8, 4) is 0 Å². The van der Waals surface area contributed by atoms with E-state index in [4.69, 9.17) is 18.4 Å². The molecule has 4 nitrogen and oxygen atoms in total. The molecule has 34 heavy (non-hydrogen) atoms. The third kappa shape index (κ3) is 22.5. The van der Waals surface area contributed by atoms with Gasteiger partial charge in [0.15, 0.2) is 0 Å². The average molecular weight is 503 g/mol. The summed E-state index contributed by atoms with van der Waals surface area (Å²) in [7, 11) is -2.42. The van der Waals surface area contributed by atoms with Crippen LogP contribution in [0.1, 0.15) is 156 Å². The Bertz CT molecular complexity index is 364. The minimum Gasteiger partial charge on any atom is -0.396 e. The molecule has 0 radical (unpaired) electrons. The molecule has 0 saturated heterocycles. The van der Waals surface area contributed by atoms with Crippen LogP contribution in [-0.2, 0) is 13.3 Å². The molecule has 0 rings (SSSR count). The van der Waals surface area contributed by atoms with E-state index in [0.717, 1.165) is 18.9 Å². The van der Waals surface area contributed by atoms with Gasteiger partial charge < -0.3 is 18.4 Å². The highest BCUT2D eigenvalue weighted by Gasteiger charge is 2.39. The SMILES string of the molecule is CCO[Si](CCCCCCCCCCCCCCCCCCCCCCCO)(OCC)OCC. The first-order chi connectivity index (χ1) is 16.7. The van der Waals surface area contributed by atoms with Crippen LogP contribution in [0.25, 0.3) is 0 Å². The molecule has 0 atom stereocenters. The fourth-order valence-corrected chi connectivity index (χ4v) is 7.50. The van der Waals surface area contributed by atoms with Gasteiger partial charge in [0.1, 0.15) is 0 Å². The number of hydrogen-bond donors (Lipinski definition) is 1. The largest absolute Gasteiger partial charge is 0.500 e. The van der Waals surface area contributed by atoms with E-state index in [1.54, 1.807) is 0 Å². The summed E-state index contributed by atoms with van der Waals surface area (Å²) < 4.78 is 17.8. The number of aliphatic hydroxyl groups excluding tert-OH is 1. The lowest BCUT2D eigenvalue weighted by atomic mass is 10.0. The van der Waals surface area contributed by atoms with E-state index in [0.29, 0.717) is 26.4 Å². The summed E-state index contributed by atoms with van der Waals surface area (Å²) >= 11 is 0. The Kier molecular flexibility index (Phi) is 27.7. The molecule has 0 unspecified atom stereocenters. The van der Waals surface area contributed by atoms with Gasteiger partial charge in [-0.05, 0) is 33.6 Å². The third-order valence-corrected chi connectivity index (χ3v) is 9.89. The van der Waals surface area contributed by atoms with Crippen molar-refractivity contribution >= 4 is 8.80 Å². The molecule has 0 spiro atoms. The highest BCUT2D eigenvalue weighted by Crippen LogP contribution is 2.21. The van der Waals surface area contributed by atoms with Gasteiger partial charge in [0.05, 0.1) is 0 Å². The lowest BCUT2D eigenvalue weighted by Gasteiger charge is -2.28. The molecule has 5 heteroatoms. The molecule has 0 aliphatic carbocycles. The van der Waals surface area contributed by atoms with E-state index in [1.807, 2.05) is 20.8 Å². The summed E-state index contributed by atoms with van der Waals surface area (Å²) in [5.74, 6) is 0. The lowest BCUT2D eigenvalue weighted by molar-refractivity contribution is 0.0706. The monoisotopic (exact) mass is 502 g/mol. The minimum atomic E-state index is -2.42. The van der Waals surface area contributed by atoms with E-state index in [1.165, 1.54) is 122 Å². The maximum absolute atomic E-state index is 8.77. The zero-order valence-electron chi connectivity index (χ0n) is 23.6. The Labute approximate surface area is 215 Å². The van der Waals surface area contributed by atoms with Gasteiger partial charge in [0.2, 0.25) is 0 Å². The molecular formula is C29H62O4Si.